The first-order valence-corrected chi connectivity index (χ1v) is 11.1. The molecule has 2 aliphatic rings. The summed E-state index contributed by atoms with van der Waals surface area (Å²) < 4.78 is 61.6. The zero-order valence-corrected chi connectivity index (χ0v) is 19.1. The fourth-order valence-electron chi connectivity index (χ4n) is 4.51. The lowest BCUT2D eigenvalue weighted by molar-refractivity contribution is -0.274. The first-order chi connectivity index (χ1) is 16.5. The molecule has 4 rings (SSSR count). The Morgan fingerprint density at radius 3 is 2.37 bits per heavy atom. The van der Waals surface area contributed by atoms with E-state index in [1.165, 1.54) is 25.6 Å². The third-order valence-electron chi connectivity index (χ3n) is 6.17. The Bertz CT molecular complexity index is 1070. The minimum absolute atomic E-state index is 0.0218. The maximum Gasteiger partial charge on any atom is 0.573 e. The highest BCUT2D eigenvalue weighted by molar-refractivity contribution is 6.32. The van der Waals surface area contributed by atoms with Crippen molar-refractivity contribution in [3.8, 4) is 5.75 Å². The van der Waals surface area contributed by atoms with E-state index < -0.39 is 35.1 Å². The number of hydrogen-bond acceptors (Lipinski definition) is 6. The molecule has 2 amide bonds. The van der Waals surface area contributed by atoms with Crippen molar-refractivity contribution in [1.82, 2.24) is 15.3 Å². The number of rotatable bonds is 7. The average molecular weight is 517 g/mol. The maximum atomic E-state index is 14.2. The van der Waals surface area contributed by atoms with Crippen LogP contribution in [0.25, 0.3) is 0 Å². The van der Waals surface area contributed by atoms with Crippen LogP contribution in [0.4, 0.5) is 23.2 Å². The second-order valence-corrected chi connectivity index (χ2v) is 8.79. The Balaban J connectivity index is 1.75. The number of ether oxygens (including phenoxy) is 2. The second kappa shape index (κ2) is 9.57. The number of amides is 2. The topological polar surface area (TPSA) is 93.6 Å². The molecule has 1 aromatic heterocycles. The van der Waals surface area contributed by atoms with Crippen LogP contribution in [0, 0.1) is 0 Å². The van der Waals surface area contributed by atoms with Gasteiger partial charge in [-0.05, 0) is 50.5 Å². The average Bonchev–Trinajstić information content (AvgIpc) is 3.43. The second-order valence-electron chi connectivity index (χ2n) is 8.40. The van der Waals surface area contributed by atoms with E-state index in [2.05, 4.69) is 20.0 Å². The van der Waals surface area contributed by atoms with Crippen molar-refractivity contribution in [3.05, 3.63) is 48.5 Å². The normalized spacial score (nSPS) is 23.9. The predicted molar refractivity (Wildman–Crippen MR) is 115 cm³/mol. The van der Waals surface area contributed by atoms with Gasteiger partial charge >= 0.3 is 6.36 Å². The van der Waals surface area contributed by atoms with Crippen molar-refractivity contribution in [1.29, 1.82) is 0 Å². The molecule has 2 saturated heterocycles. The van der Waals surface area contributed by atoms with E-state index in [0.29, 0.717) is 6.42 Å². The number of anilines is 1. The molecule has 2 aromatic rings. The van der Waals surface area contributed by atoms with Gasteiger partial charge in [-0.2, -0.15) is 0 Å². The summed E-state index contributed by atoms with van der Waals surface area (Å²) in [5, 5.41) is 2.88. The van der Waals surface area contributed by atoms with Gasteiger partial charge < -0.3 is 14.8 Å². The van der Waals surface area contributed by atoms with Crippen molar-refractivity contribution >= 4 is 29.1 Å². The van der Waals surface area contributed by atoms with E-state index in [0.717, 1.165) is 42.0 Å². The summed E-state index contributed by atoms with van der Waals surface area (Å²) in [6.07, 6.45) is 0.900. The van der Waals surface area contributed by atoms with Crippen molar-refractivity contribution in [2.75, 3.05) is 4.90 Å². The monoisotopic (exact) mass is 516 g/mol. The van der Waals surface area contributed by atoms with Crippen LogP contribution in [-0.2, 0) is 19.9 Å². The molecule has 0 radical (unpaired) electrons. The van der Waals surface area contributed by atoms with Gasteiger partial charge in [0.25, 0.3) is 17.4 Å². The highest BCUT2D eigenvalue weighted by Crippen LogP contribution is 2.38. The maximum absolute atomic E-state index is 14.2. The number of aromatic nitrogens is 2. The minimum atomic E-state index is -4.93. The fourth-order valence-corrected chi connectivity index (χ4v) is 4.61. The van der Waals surface area contributed by atoms with Crippen LogP contribution in [0.3, 0.4) is 0 Å². The first-order valence-electron chi connectivity index (χ1n) is 10.7. The summed E-state index contributed by atoms with van der Waals surface area (Å²) in [5.41, 5.74) is -4.45. The summed E-state index contributed by atoms with van der Waals surface area (Å²) in [6.45, 7) is 1.35. The molecule has 0 saturated carbocycles. The number of benzene rings is 1. The van der Waals surface area contributed by atoms with Crippen molar-refractivity contribution in [3.63, 3.8) is 0 Å². The lowest BCUT2D eigenvalue weighted by atomic mass is 9.88. The highest BCUT2D eigenvalue weighted by Gasteiger charge is 2.50. The third kappa shape index (κ3) is 5.18. The third-order valence-corrected chi connectivity index (χ3v) is 6.36. The Morgan fingerprint density at radius 1 is 1.20 bits per heavy atom. The highest BCUT2D eigenvalue weighted by atomic mass is 35.5. The number of halogens is 5. The van der Waals surface area contributed by atoms with Gasteiger partial charge in [-0.15, -0.1) is 13.2 Å². The number of hydrogen-bond donors (Lipinski definition) is 1. The minimum Gasteiger partial charge on any atom is -0.406 e. The van der Waals surface area contributed by atoms with Crippen LogP contribution < -0.4 is 15.0 Å². The fraction of sp³-hybridized carbons (Fsp3) is 0.455. The van der Waals surface area contributed by atoms with Crippen LogP contribution in [0.5, 0.6) is 5.75 Å². The molecule has 3 heterocycles. The molecule has 0 aliphatic carbocycles. The molecule has 5 atom stereocenters. The van der Waals surface area contributed by atoms with E-state index in [-0.39, 0.29) is 29.5 Å². The Morgan fingerprint density at radius 2 is 1.86 bits per heavy atom. The van der Waals surface area contributed by atoms with E-state index in [1.54, 1.807) is 0 Å². The van der Waals surface area contributed by atoms with Crippen molar-refractivity contribution in [2.45, 2.75) is 62.0 Å². The summed E-state index contributed by atoms with van der Waals surface area (Å²) >= 11 is 5.50. The van der Waals surface area contributed by atoms with Crippen molar-refractivity contribution in [2.24, 2.45) is 0 Å². The summed E-state index contributed by atoms with van der Waals surface area (Å²) in [6, 6.07) is 3.73. The molecule has 13 heteroatoms. The van der Waals surface area contributed by atoms with Gasteiger partial charge in [0.1, 0.15) is 12.1 Å². The molecule has 0 unspecified atom stereocenters. The molecular formula is C22H21ClF4N4O4. The number of alkyl halides is 5. The van der Waals surface area contributed by atoms with E-state index >= 15 is 0 Å². The van der Waals surface area contributed by atoms with Crippen molar-refractivity contribution < 1.29 is 36.6 Å². The predicted octanol–water partition coefficient (Wildman–Crippen LogP) is 3.59. The number of nitrogens with zero attached hydrogens (tertiary/aromatic N) is 3. The Hall–Kier alpha value is -2.99. The smallest absolute Gasteiger partial charge is 0.406 e. The zero-order valence-electron chi connectivity index (χ0n) is 18.3. The summed E-state index contributed by atoms with van der Waals surface area (Å²) in [5.74, 6) is -2.55. The number of nitrogens with one attached hydrogen (secondary N) is 1. The SMILES string of the molecule is C[C@@](C(=O)N[C@@H]1C[C@H]2CC[C@@H]1O2)(c1cncnc1)N(C(=O)[C@H](F)Cl)c1ccc(OC(F)(F)F)cc1. The molecule has 2 aliphatic heterocycles. The Labute approximate surface area is 202 Å². The van der Waals surface area contributed by atoms with Gasteiger partial charge in [-0.25, -0.2) is 14.4 Å². The van der Waals surface area contributed by atoms with Crippen LogP contribution in [0.1, 0.15) is 31.7 Å². The lowest BCUT2D eigenvalue weighted by Gasteiger charge is -2.41. The number of carbonyl (C=O) groups is 2. The van der Waals surface area contributed by atoms with Gasteiger partial charge in [0.05, 0.1) is 18.2 Å². The zero-order chi connectivity index (χ0) is 25.4. The molecule has 1 aromatic carbocycles. The quantitative estimate of drug-likeness (QED) is 0.446. The van der Waals surface area contributed by atoms with Gasteiger partial charge in [0.15, 0.2) is 5.54 Å². The summed E-state index contributed by atoms with van der Waals surface area (Å²) in [4.78, 5) is 35.4. The molecule has 188 valence electrons. The van der Waals surface area contributed by atoms with E-state index in [9.17, 15) is 27.2 Å². The van der Waals surface area contributed by atoms with E-state index in [4.69, 9.17) is 16.3 Å². The molecule has 8 nitrogen and oxygen atoms in total. The molecule has 0 spiro atoms. The lowest BCUT2D eigenvalue weighted by Crippen LogP contribution is -2.60. The van der Waals surface area contributed by atoms with E-state index in [1.807, 2.05) is 0 Å². The van der Waals surface area contributed by atoms with Crippen LogP contribution >= 0.6 is 11.6 Å². The van der Waals surface area contributed by atoms with Gasteiger partial charge in [-0.1, -0.05) is 11.6 Å². The summed E-state index contributed by atoms with van der Waals surface area (Å²) in [7, 11) is 0. The van der Waals surface area contributed by atoms with Gasteiger partial charge in [0, 0.05) is 23.6 Å². The van der Waals surface area contributed by atoms with Gasteiger partial charge in [-0.3, -0.25) is 14.5 Å². The molecular weight excluding hydrogens is 496 g/mol. The van der Waals surface area contributed by atoms with Crippen LogP contribution in [-0.4, -0.2) is 52.0 Å². The number of fused-ring (bicyclic) bond motifs is 2. The number of carbonyl (C=O) groups excluding carboxylic acids is 2. The molecule has 35 heavy (non-hydrogen) atoms. The molecule has 1 N–H and O–H groups in total. The van der Waals surface area contributed by atoms with Gasteiger partial charge in [0.2, 0.25) is 0 Å². The Kier molecular flexibility index (Phi) is 6.87. The van der Waals surface area contributed by atoms with Crippen LogP contribution in [0.15, 0.2) is 43.0 Å². The molecule has 2 fully saturated rings. The van der Waals surface area contributed by atoms with Crippen LogP contribution in [0.2, 0.25) is 0 Å². The standard InChI is InChI=1S/C22H21ClF4N4O4/c1-21(12-9-28-11-29-10-12,20(33)30-16-8-15-6-7-17(16)34-15)31(19(32)18(23)24)13-2-4-14(5-3-13)35-22(25,26)27/h2-5,9-11,15-18H,6-8H2,1H3,(H,30,33)/t15-,16-,17+,18+,21+/m1/s1. The largest absolute Gasteiger partial charge is 0.573 e. The molecule has 2 bridgehead atoms. The first kappa shape index (κ1) is 25.1.